The minimum Gasteiger partial charge on any atom is -0.340 e. The second-order valence-corrected chi connectivity index (χ2v) is 8.45. The number of halogens is 3. The summed E-state index contributed by atoms with van der Waals surface area (Å²) in [5.74, 6) is 0.217. The highest BCUT2D eigenvalue weighted by atomic mass is 35.5. The average Bonchev–Trinajstić information content (AvgIpc) is 2.87. The van der Waals surface area contributed by atoms with Gasteiger partial charge in [-0.1, -0.05) is 29.3 Å². The minimum atomic E-state index is -3.87. The molecule has 0 saturated carbocycles. The molecule has 1 aliphatic rings. The van der Waals surface area contributed by atoms with Crippen LogP contribution < -0.4 is 10.5 Å². The number of nitrogens with one attached hydrogen (secondary N) is 1. The molecule has 10 heteroatoms. The second-order valence-electron chi connectivity index (χ2n) is 5.93. The van der Waals surface area contributed by atoms with Gasteiger partial charge in [0.2, 0.25) is 15.9 Å². The summed E-state index contributed by atoms with van der Waals surface area (Å²) < 4.78 is 27.0. The van der Waals surface area contributed by atoms with E-state index in [1.165, 1.54) is 12.1 Å². The van der Waals surface area contributed by atoms with E-state index in [-0.39, 0.29) is 52.3 Å². The second kappa shape index (κ2) is 9.39. The summed E-state index contributed by atoms with van der Waals surface area (Å²) in [6.07, 6.45) is 0.951. The fraction of sp³-hybridized carbons (Fsp3) is 0.533. The van der Waals surface area contributed by atoms with Gasteiger partial charge in [0.25, 0.3) is 0 Å². The Morgan fingerprint density at radius 2 is 1.96 bits per heavy atom. The number of benzene rings is 1. The van der Waals surface area contributed by atoms with Gasteiger partial charge in [-0.15, -0.1) is 12.4 Å². The van der Waals surface area contributed by atoms with Crippen LogP contribution in [0.5, 0.6) is 0 Å². The minimum absolute atomic E-state index is 0. The van der Waals surface area contributed by atoms with Crippen LogP contribution in [0.1, 0.15) is 19.8 Å². The molecule has 2 atom stereocenters. The van der Waals surface area contributed by atoms with Gasteiger partial charge in [-0.3, -0.25) is 4.79 Å². The third-order valence-corrected chi connectivity index (χ3v) is 6.55. The van der Waals surface area contributed by atoms with E-state index in [1.54, 1.807) is 11.0 Å². The zero-order chi connectivity index (χ0) is 17.9. The average molecular weight is 431 g/mol. The summed E-state index contributed by atoms with van der Waals surface area (Å²) in [7, 11) is -3.87. The molecule has 2 unspecified atom stereocenters. The molecule has 3 N–H and O–H groups in total. The molecular formula is C15H22Cl3N3O3S. The molecule has 1 aliphatic heterocycles. The molecule has 1 aromatic rings. The fourth-order valence-electron chi connectivity index (χ4n) is 2.91. The van der Waals surface area contributed by atoms with Gasteiger partial charge >= 0.3 is 0 Å². The third kappa shape index (κ3) is 5.45. The van der Waals surface area contributed by atoms with Crippen LogP contribution in [0.15, 0.2) is 23.1 Å². The maximum absolute atomic E-state index is 12.3. The lowest BCUT2D eigenvalue weighted by atomic mass is 10.1. The summed E-state index contributed by atoms with van der Waals surface area (Å²) in [6.45, 7) is 3.13. The SMILES string of the molecule is CC1CC(CN)CN1C(=O)CCNS(=O)(=O)c1c(Cl)cccc1Cl.Cl. The Labute approximate surface area is 164 Å². The lowest BCUT2D eigenvalue weighted by Gasteiger charge is -2.21. The molecule has 1 heterocycles. The van der Waals surface area contributed by atoms with Gasteiger partial charge in [0.05, 0.1) is 10.0 Å². The normalized spacial score (nSPS) is 20.4. The first-order valence-corrected chi connectivity index (χ1v) is 9.93. The predicted molar refractivity (Wildman–Crippen MR) is 102 cm³/mol. The van der Waals surface area contributed by atoms with Crippen LogP contribution in [0.3, 0.4) is 0 Å². The van der Waals surface area contributed by atoms with Gasteiger partial charge < -0.3 is 10.6 Å². The molecule has 6 nitrogen and oxygen atoms in total. The van der Waals surface area contributed by atoms with Gasteiger partial charge in [0, 0.05) is 25.6 Å². The van der Waals surface area contributed by atoms with Crippen LogP contribution in [-0.4, -0.2) is 44.9 Å². The third-order valence-electron chi connectivity index (χ3n) is 4.13. The maximum atomic E-state index is 12.3. The Morgan fingerprint density at radius 3 is 2.48 bits per heavy atom. The Kier molecular flexibility index (Phi) is 8.44. The number of carbonyl (C=O) groups excluding carboxylic acids is 1. The molecule has 142 valence electrons. The zero-order valence-corrected chi connectivity index (χ0v) is 16.9. The number of hydrogen-bond acceptors (Lipinski definition) is 4. The smallest absolute Gasteiger partial charge is 0.243 e. The van der Waals surface area contributed by atoms with Crippen molar-refractivity contribution in [3.63, 3.8) is 0 Å². The van der Waals surface area contributed by atoms with Crippen LogP contribution >= 0.6 is 35.6 Å². The monoisotopic (exact) mass is 429 g/mol. The molecule has 25 heavy (non-hydrogen) atoms. The molecule has 0 radical (unpaired) electrons. The van der Waals surface area contributed by atoms with Crippen molar-refractivity contribution >= 4 is 51.5 Å². The van der Waals surface area contributed by atoms with Crippen molar-refractivity contribution in [2.24, 2.45) is 11.7 Å². The van der Waals surface area contributed by atoms with E-state index in [4.69, 9.17) is 28.9 Å². The first-order chi connectivity index (χ1) is 11.3. The van der Waals surface area contributed by atoms with Crippen molar-refractivity contribution in [2.75, 3.05) is 19.6 Å². The van der Waals surface area contributed by atoms with E-state index in [1.807, 2.05) is 6.92 Å². The molecule has 1 aromatic carbocycles. The Balaban J connectivity index is 0.00000312. The topological polar surface area (TPSA) is 92.5 Å². The van der Waals surface area contributed by atoms with E-state index in [0.29, 0.717) is 19.0 Å². The summed E-state index contributed by atoms with van der Waals surface area (Å²) in [5, 5.41) is 0.0839. The number of nitrogens with two attached hydrogens (primary N) is 1. The molecule has 2 rings (SSSR count). The number of sulfonamides is 1. The molecular weight excluding hydrogens is 409 g/mol. The summed E-state index contributed by atoms with van der Waals surface area (Å²) in [5.41, 5.74) is 5.65. The molecule has 0 bridgehead atoms. The van der Waals surface area contributed by atoms with E-state index in [0.717, 1.165) is 6.42 Å². The van der Waals surface area contributed by atoms with Crippen LogP contribution in [0, 0.1) is 5.92 Å². The van der Waals surface area contributed by atoms with Gasteiger partial charge in [0.15, 0.2) is 0 Å². The Bertz CT molecular complexity index is 695. The number of hydrogen-bond donors (Lipinski definition) is 2. The Hall–Kier alpha value is -0.570. The first kappa shape index (κ1) is 22.5. The summed E-state index contributed by atoms with van der Waals surface area (Å²) in [6, 6.07) is 4.59. The summed E-state index contributed by atoms with van der Waals surface area (Å²) >= 11 is 11.8. The molecule has 1 fully saturated rings. The lowest BCUT2D eigenvalue weighted by molar-refractivity contribution is -0.131. The van der Waals surface area contributed by atoms with Crippen molar-refractivity contribution in [2.45, 2.75) is 30.7 Å². The Morgan fingerprint density at radius 1 is 1.36 bits per heavy atom. The molecule has 0 spiro atoms. The highest BCUT2D eigenvalue weighted by molar-refractivity contribution is 7.89. The number of amides is 1. The van der Waals surface area contributed by atoms with E-state index < -0.39 is 10.0 Å². The van der Waals surface area contributed by atoms with Crippen LogP contribution in [0.25, 0.3) is 0 Å². The number of rotatable bonds is 6. The first-order valence-electron chi connectivity index (χ1n) is 7.69. The predicted octanol–water partition coefficient (Wildman–Crippen LogP) is 2.28. The fourth-order valence-corrected chi connectivity index (χ4v) is 5.08. The van der Waals surface area contributed by atoms with Gasteiger partial charge in [-0.25, -0.2) is 13.1 Å². The molecule has 0 aromatic heterocycles. The van der Waals surface area contributed by atoms with Crippen molar-refractivity contribution < 1.29 is 13.2 Å². The van der Waals surface area contributed by atoms with Crippen LogP contribution in [0.4, 0.5) is 0 Å². The largest absolute Gasteiger partial charge is 0.340 e. The molecule has 1 amide bonds. The quantitative estimate of drug-likeness (QED) is 0.724. The molecule has 0 aliphatic carbocycles. The van der Waals surface area contributed by atoms with Gasteiger partial charge in [-0.05, 0) is 37.9 Å². The highest BCUT2D eigenvalue weighted by Crippen LogP contribution is 2.28. The molecule has 1 saturated heterocycles. The van der Waals surface area contributed by atoms with Crippen molar-refractivity contribution in [3.05, 3.63) is 28.2 Å². The van der Waals surface area contributed by atoms with Crippen LogP contribution in [0.2, 0.25) is 10.0 Å². The summed E-state index contributed by atoms with van der Waals surface area (Å²) in [4.78, 5) is 13.9. The van der Waals surface area contributed by atoms with Crippen LogP contribution in [-0.2, 0) is 14.8 Å². The van der Waals surface area contributed by atoms with Crippen molar-refractivity contribution in [3.8, 4) is 0 Å². The zero-order valence-electron chi connectivity index (χ0n) is 13.7. The lowest BCUT2D eigenvalue weighted by Crippen LogP contribution is -2.37. The van der Waals surface area contributed by atoms with Crippen molar-refractivity contribution in [1.29, 1.82) is 0 Å². The maximum Gasteiger partial charge on any atom is 0.243 e. The highest BCUT2D eigenvalue weighted by Gasteiger charge is 2.31. The van der Waals surface area contributed by atoms with E-state index in [9.17, 15) is 13.2 Å². The number of carbonyl (C=O) groups is 1. The van der Waals surface area contributed by atoms with Gasteiger partial charge in [-0.2, -0.15) is 0 Å². The van der Waals surface area contributed by atoms with E-state index in [2.05, 4.69) is 4.72 Å². The van der Waals surface area contributed by atoms with Gasteiger partial charge in [0.1, 0.15) is 4.90 Å². The standard InChI is InChI=1S/C15H21Cl2N3O3S.ClH/c1-10-7-11(8-18)9-20(10)14(21)5-6-19-24(22,23)15-12(16)3-2-4-13(15)17;/h2-4,10-11,19H,5-9,18H2,1H3;1H. The van der Waals surface area contributed by atoms with Crippen molar-refractivity contribution in [1.82, 2.24) is 9.62 Å². The number of nitrogens with zero attached hydrogens (tertiary/aromatic N) is 1. The number of likely N-dealkylation sites (tertiary alicyclic amines) is 1. The van der Waals surface area contributed by atoms with E-state index >= 15 is 0 Å².